The van der Waals surface area contributed by atoms with E-state index in [4.69, 9.17) is 5.11 Å². The Kier molecular flexibility index (Phi) is 3.26. The molecule has 0 fully saturated rings. The highest BCUT2D eigenvalue weighted by Crippen LogP contribution is 2.44. The molecule has 0 aliphatic heterocycles. The lowest BCUT2D eigenvalue weighted by molar-refractivity contribution is 0.380. The van der Waals surface area contributed by atoms with Gasteiger partial charge in [0.25, 0.3) is 0 Å². The van der Waals surface area contributed by atoms with Crippen LogP contribution in [0, 0.1) is 46.5 Å². The molecule has 0 atom stereocenters. The molecule has 126 valence electrons. The molecule has 3 aromatic carbocycles. The summed E-state index contributed by atoms with van der Waals surface area (Å²) in [6.45, 7) is 0. The number of benzene rings is 3. The van der Waals surface area contributed by atoms with Crippen LogP contribution in [-0.2, 0) is 0 Å². The van der Waals surface area contributed by atoms with Crippen LogP contribution in [0.25, 0.3) is 21.5 Å². The van der Waals surface area contributed by atoms with Gasteiger partial charge in [-0.05, 0) is 0 Å². The third-order valence-corrected chi connectivity index (χ3v) is 3.48. The maximum absolute atomic E-state index is 14.0. The van der Waals surface area contributed by atoms with E-state index in [9.17, 15) is 40.2 Å². The number of halogens is 8. The van der Waals surface area contributed by atoms with Gasteiger partial charge in [-0.1, -0.05) is 0 Å². The fourth-order valence-electron chi connectivity index (χ4n) is 2.40. The van der Waals surface area contributed by atoms with Crippen LogP contribution < -0.4 is 0 Å². The van der Waals surface area contributed by atoms with Gasteiger partial charge in [-0.3, -0.25) is 0 Å². The third kappa shape index (κ3) is 1.70. The predicted octanol–water partition coefficient (Wildman–Crippen LogP) is 4.52. The lowest BCUT2D eigenvalue weighted by Crippen LogP contribution is -2.03. The number of aromatic hydroxyl groups is 2. The van der Waals surface area contributed by atoms with Crippen LogP contribution in [0.15, 0.2) is 0 Å². The summed E-state index contributed by atoms with van der Waals surface area (Å²) >= 11 is 0. The van der Waals surface area contributed by atoms with E-state index in [1.807, 2.05) is 0 Å². The molecule has 0 spiro atoms. The first-order valence-electron chi connectivity index (χ1n) is 5.96. The predicted molar refractivity (Wildman–Crippen MR) is 64.4 cm³/mol. The number of hydrogen-bond donors (Lipinski definition) is 2. The summed E-state index contributed by atoms with van der Waals surface area (Å²) in [7, 11) is 0. The number of phenolic OH excluding ortho intramolecular Hbond substituents is 2. The van der Waals surface area contributed by atoms with Crippen LogP contribution in [0.3, 0.4) is 0 Å². The van der Waals surface area contributed by atoms with Crippen molar-refractivity contribution in [1.29, 1.82) is 0 Å². The standard InChI is InChI=1S/C14H2F8O2/c15-5-2-1-3(7(17)11(21)14(24)9(1)19)6(16)8(18)4(2)13(23)12(22)10(5)20/h23-24H. The summed E-state index contributed by atoms with van der Waals surface area (Å²) in [6.07, 6.45) is 0. The van der Waals surface area contributed by atoms with Crippen LogP contribution in [-0.4, -0.2) is 10.2 Å². The van der Waals surface area contributed by atoms with E-state index in [1.54, 1.807) is 0 Å². The molecule has 3 aromatic rings. The van der Waals surface area contributed by atoms with Crippen LogP contribution >= 0.6 is 0 Å². The zero-order chi connectivity index (χ0) is 18.1. The van der Waals surface area contributed by atoms with Gasteiger partial charge < -0.3 is 10.2 Å². The van der Waals surface area contributed by atoms with E-state index in [-0.39, 0.29) is 0 Å². The molecule has 0 aromatic heterocycles. The first-order chi connectivity index (χ1) is 11.1. The Hall–Kier alpha value is -2.78. The Morgan fingerprint density at radius 1 is 0.333 bits per heavy atom. The van der Waals surface area contributed by atoms with Crippen molar-refractivity contribution in [1.82, 2.24) is 0 Å². The maximum Gasteiger partial charge on any atom is 0.204 e. The first-order valence-corrected chi connectivity index (χ1v) is 5.96. The van der Waals surface area contributed by atoms with Crippen molar-refractivity contribution in [3.05, 3.63) is 46.5 Å². The normalized spacial score (nSPS) is 11.7. The lowest BCUT2D eigenvalue weighted by atomic mass is 9.97. The van der Waals surface area contributed by atoms with Crippen molar-refractivity contribution < 1.29 is 45.3 Å². The van der Waals surface area contributed by atoms with Crippen LogP contribution in [0.1, 0.15) is 0 Å². The van der Waals surface area contributed by atoms with E-state index >= 15 is 0 Å². The first kappa shape index (κ1) is 16.1. The van der Waals surface area contributed by atoms with E-state index in [0.29, 0.717) is 0 Å². The molecule has 3 rings (SSSR count). The molecule has 0 heterocycles. The molecule has 2 N–H and O–H groups in total. The minimum absolute atomic E-state index is 1.60. The van der Waals surface area contributed by atoms with Crippen molar-refractivity contribution in [3.8, 4) is 11.5 Å². The van der Waals surface area contributed by atoms with Crippen molar-refractivity contribution in [2.45, 2.75) is 0 Å². The van der Waals surface area contributed by atoms with Crippen LogP contribution in [0.4, 0.5) is 35.1 Å². The average Bonchev–Trinajstić information content (AvgIpc) is 2.56. The summed E-state index contributed by atoms with van der Waals surface area (Å²) in [4.78, 5) is 0. The largest absolute Gasteiger partial charge is 0.504 e. The second kappa shape index (κ2) is 4.86. The molecule has 0 bridgehead atoms. The summed E-state index contributed by atoms with van der Waals surface area (Å²) in [5, 5.41) is 11.9. The third-order valence-electron chi connectivity index (χ3n) is 3.48. The van der Waals surface area contributed by atoms with Crippen LogP contribution in [0.5, 0.6) is 11.5 Å². The van der Waals surface area contributed by atoms with Gasteiger partial charge in [0.1, 0.15) is 0 Å². The molecule has 10 heteroatoms. The Balaban J connectivity index is 2.87. The fraction of sp³-hybridized carbons (Fsp3) is 0. The zero-order valence-electron chi connectivity index (χ0n) is 10.9. The van der Waals surface area contributed by atoms with Gasteiger partial charge in [-0.2, -0.15) is 8.78 Å². The Morgan fingerprint density at radius 3 is 1.29 bits per heavy atom. The second-order valence-corrected chi connectivity index (χ2v) is 4.71. The topological polar surface area (TPSA) is 40.5 Å². The smallest absolute Gasteiger partial charge is 0.204 e. The maximum atomic E-state index is 14.0. The number of phenols is 2. The fourth-order valence-corrected chi connectivity index (χ4v) is 2.40. The molecule has 0 amide bonds. The number of hydrogen-bond acceptors (Lipinski definition) is 2. The van der Waals surface area contributed by atoms with Crippen molar-refractivity contribution >= 4 is 21.5 Å². The zero-order valence-corrected chi connectivity index (χ0v) is 10.9. The molecular weight excluding hydrogens is 352 g/mol. The van der Waals surface area contributed by atoms with Gasteiger partial charge >= 0.3 is 0 Å². The van der Waals surface area contributed by atoms with Crippen molar-refractivity contribution in [2.75, 3.05) is 0 Å². The minimum atomic E-state index is -2.39. The quantitative estimate of drug-likeness (QED) is 0.270. The second-order valence-electron chi connectivity index (χ2n) is 4.71. The summed E-state index contributed by atoms with van der Waals surface area (Å²) in [5.74, 6) is -22.2. The molecule has 0 aliphatic rings. The van der Waals surface area contributed by atoms with Gasteiger partial charge in [0.15, 0.2) is 46.4 Å². The summed E-state index contributed by atoms with van der Waals surface area (Å²) in [6, 6.07) is 0. The highest BCUT2D eigenvalue weighted by atomic mass is 19.2. The summed E-state index contributed by atoms with van der Waals surface area (Å²) < 4.78 is 110. The highest BCUT2D eigenvalue weighted by Gasteiger charge is 2.32. The molecule has 0 saturated heterocycles. The lowest BCUT2D eigenvalue weighted by Gasteiger charge is -2.13. The average molecular weight is 354 g/mol. The van der Waals surface area contributed by atoms with Gasteiger partial charge in [0.05, 0.1) is 10.8 Å². The van der Waals surface area contributed by atoms with Crippen molar-refractivity contribution in [3.63, 3.8) is 0 Å². The highest BCUT2D eigenvalue weighted by molar-refractivity contribution is 6.11. The summed E-state index contributed by atoms with van der Waals surface area (Å²) in [5.41, 5.74) is 0. The van der Waals surface area contributed by atoms with E-state index in [2.05, 4.69) is 0 Å². The van der Waals surface area contributed by atoms with Gasteiger partial charge in [0, 0.05) is 10.8 Å². The molecule has 0 unspecified atom stereocenters. The monoisotopic (exact) mass is 354 g/mol. The Bertz CT molecular complexity index is 976. The Morgan fingerprint density at radius 2 is 0.708 bits per heavy atom. The van der Waals surface area contributed by atoms with Gasteiger partial charge in [-0.25, -0.2) is 26.3 Å². The molecule has 24 heavy (non-hydrogen) atoms. The molecule has 0 aliphatic carbocycles. The number of rotatable bonds is 0. The molecule has 0 saturated carbocycles. The van der Waals surface area contributed by atoms with Crippen LogP contribution in [0.2, 0.25) is 0 Å². The Labute approximate surface area is 126 Å². The number of fused-ring (bicyclic) bond motifs is 3. The van der Waals surface area contributed by atoms with Gasteiger partial charge in [-0.15, -0.1) is 0 Å². The molecule has 0 radical (unpaired) electrons. The minimum Gasteiger partial charge on any atom is -0.504 e. The molecule has 2 nitrogen and oxygen atoms in total. The van der Waals surface area contributed by atoms with E-state index in [1.165, 1.54) is 0 Å². The van der Waals surface area contributed by atoms with E-state index in [0.717, 1.165) is 0 Å². The van der Waals surface area contributed by atoms with Crippen molar-refractivity contribution in [2.24, 2.45) is 0 Å². The molecular formula is C14H2F8O2. The SMILES string of the molecule is Oc1c(F)c(F)c2c(F)c(F)c3c(O)c(F)c(F)c(F)c3c2c1F. The van der Waals surface area contributed by atoms with E-state index < -0.39 is 79.6 Å². The van der Waals surface area contributed by atoms with Gasteiger partial charge in [0.2, 0.25) is 11.6 Å².